The molecule has 0 radical (unpaired) electrons. The Morgan fingerprint density at radius 2 is 1.72 bits per heavy atom. The predicted octanol–water partition coefficient (Wildman–Crippen LogP) is -0.625. The van der Waals surface area contributed by atoms with Crippen molar-refractivity contribution >= 4 is 11.6 Å². The Labute approximate surface area is 107 Å². The van der Waals surface area contributed by atoms with Gasteiger partial charge in [-0.05, 0) is 34.0 Å². The van der Waals surface area contributed by atoms with Crippen molar-refractivity contribution in [1.29, 1.82) is 0 Å². The van der Waals surface area contributed by atoms with Crippen molar-refractivity contribution in [2.75, 3.05) is 21.1 Å². The highest BCUT2D eigenvalue weighted by Crippen LogP contribution is 2.35. The number of hydrogen-bond donors (Lipinski definition) is 3. The van der Waals surface area contributed by atoms with Crippen LogP contribution in [0.2, 0.25) is 0 Å². The molecule has 102 valence electrons. The van der Waals surface area contributed by atoms with Crippen molar-refractivity contribution in [2.45, 2.75) is 26.1 Å². The molecule has 0 spiro atoms. The molecule has 0 aromatic carbocycles. The van der Waals surface area contributed by atoms with Crippen molar-refractivity contribution in [3.63, 3.8) is 0 Å². The number of carbonyl (C=O) groups is 2. The number of nitrogens with one attached hydrogen (secondary N) is 3. The van der Waals surface area contributed by atoms with Crippen LogP contribution in [0.25, 0.3) is 0 Å². The van der Waals surface area contributed by atoms with Crippen molar-refractivity contribution in [3.05, 3.63) is 12.0 Å². The highest BCUT2D eigenvalue weighted by Gasteiger charge is 2.56. The van der Waals surface area contributed by atoms with E-state index in [0.29, 0.717) is 5.88 Å². The van der Waals surface area contributed by atoms with E-state index in [9.17, 15) is 9.59 Å². The van der Waals surface area contributed by atoms with E-state index >= 15 is 0 Å². The lowest BCUT2D eigenvalue weighted by Gasteiger charge is -2.44. The lowest BCUT2D eigenvalue weighted by molar-refractivity contribution is -0.154. The van der Waals surface area contributed by atoms with Gasteiger partial charge < -0.3 is 15.4 Å². The van der Waals surface area contributed by atoms with E-state index in [0.717, 1.165) is 0 Å². The second-order valence-corrected chi connectivity index (χ2v) is 4.32. The van der Waals surface area contributed by atoms with Gasteiger partial charge in [-0.1, -0.05) is 0 Å². The van der Waals surface area contributed by atoms with Crippen LogP contribution < -0.4 is 16.0 Å². The van der Waals surface area contributed by atoms with E-state index in [-0.39, 0.29) is 11.6 Å². The van der Waals surface area contributed by atoms with Crippen LogP contribution in [0.4, 0.5) is 0 Å². The summed E-state index contributed by atoms with van der Waals surface area (Å²) in [6.45, 7) is 2.83. The zero-order valence-corrected chi connectivity index (χ0v) is 11.5. The molecule has 1 rings (SSSR count). The fourth-order valence-corrected chi connectivity index (χ4v) is 2.50. The lowest BCUT2D eigenvalue weighted by Crippen LogP contribution is -2.65. The van der Waals surface area contributed by atoms with E-state index < -0.39 is 17.7 Å². The molecule has 0 amide bonds. The third-order valence-corrected chi connectivity index (χ3v) is 3.45. The van der Waals surface area contributed by atoms with E-state index in [1.54, 1.807) is 27.2 Å². The summed E-state index contributed by atoms with van der Waals surface area (Å²) in [5, 5.41) is 8.79. The van der Waals surface area contributed by atoms with Gasteiger partial charge in [0.05, 0.1) is 6.04 Å². The standard InChI is InChI=1S/C12H21N3O3/c1-7(16)12(8(2)17)9(13-3)6-10(14-4)18-11(12)15-5/h6,9,11,13-15H,1-5H3. The minimum atomic E-state index is -1.25. The number of ether oxygens (including phenoxy) is 1. The molecule has 2 atom stereocenters. The van der Waals surface area contributed by atoms with Crippen molar-refractivity contribution in [2.24, 2.45) is 5.41 Å². The normalized spacial score (nSPS) is 25.9. The number of ketones is 2. The summed E-state index contributed by atoms with van der Waals surface area (Å²) in [6.07, 6.45) is 1.02. The van der Waals surface area contributed by atoms with Crippen molar-refractivity contribution < 1.29 is 14.3 Å². The first-order valence-corrected chi connectivity index (χ1v) is 5.87. The summed E-state index contributed by atoms with van der Waals surface area (Å²) in [4.78, 5) is 24.1. The molecule has 1 aliphatic heterocycles. The molecule has 3 N–H and O–H groups in total. The van der Waals surface area contributed by atoms with E-state index in [1.807, 2.05) is 0 Å². The van der Waals surface area contributed by atoms with E-state index in [2.05, 4.69) is 16.0 Å². The number of hydrogen-bond acceptors (Lipinski definition) is 6. The van der Waals surface area contributed by atoms with Gasteiger partial charge in [-0.3, -0.25) is 14.9 Å². The third-order valence-electron chi connectivity index (χ3n) is 3.45. The third kappa shape index (κ3) is 2.02. The Hall–Kier alpha value is -1.40. The molecule has 0 saturated heterocycles. The summed E-state index contributed by atoms with van der Waals surface area (Å²) >= 11 is 0. The SMILES string of the molecule is CNC1=CC(NC)C(C(C)=O)(C(C)=O)C(NC)O1. The molecule has 18 heavy (non-hydrogen) atoms. The van der Waals surface area contributed by atoms with Gasteiger partial charge in [0.1, 0.15) is 11.6 Å². The molecule has 0 aliphatic carbocycles. The Bertz CT molecular complexity index is 365. The zero-order valence-electron chi connectivity index (χ0n) is 11.5. The maximum absolute atomic E-state index is 12.1. The smallest absolute Gasteiger partial charge is 0.186 e. The van der Waals surface area contributed by atoms with Gasteiger partial charge >= 0.3 is 0 Å². The molecular formula is C12H21N3O3. The molecular weight excluding hydrogens is 234 g/mol. The largest absolute Gasteiger partial charge is 0.459 e. The van der Waals surface area contributed by atoms with Gasteiger partial charge in [-0.15, -0.1) is 0 Å². The number of likely N-dealkylation sites (N-methyl/N-ethyl adjacent to an activating group) is 1. The first-order chi connectivity index (χ1) is 8.44. The summed E-state index contributed by atoms with van der Waals surface area (Å²) < 4.78 is 5.61. The average molecular weight is 255 g/mol. The van der Waals surface area contributed by atoms with Gasteiger partial charge in [-0.2, -0.15) is 0 Å². The fourth-order valence-electron chi connectivity index (χ4n) is 2.50. The van der Waals surface area contributed by atoms with E-state index in [1.165, 1.54) is 13.8 Å². The monoisotopic (exact) mass is 255 g/mol. The number of rotatable bonds is 5. The van der Waals surface area contributed by atoms with Crippen LogP contribution in [-0.4, -0.2) is 45.0 Å². The zero-order chi connectivity index (χ0) is 13.9. The highest BCUT2D eigenvalue weighted by molar-refractivity contribution is 6.07. The molecule has 0 fully saturated rings. The van der Waals surface area contributed by atoms with Crippen LogP contribution in [0.1, 0.15) is 13.8 Å². The lowest BCUT2D eigenvalue weighted by atomic mass is 9.70. The maximum Gasteiger partial charge on any atom is 0.186 e. The summed E-state index contributed by atoms with van der Waals surface area (Å²) in [5.74, 6) is 0.0898. The van der Waals surface area contributed by atoms with Crippen LogP contribution in [0.15, 0.2) is 12.0 Å². The van der Waals surface area contributed by atoms with Crippen LogP contribution in [0.3, 0.4) is 0 Å². The molecule has 0 bridgehead atoms. The van der Waals surface area contributed by atoms with Gasteiger partial charge in [0, 0.05) is 7.05 Å². The Balaban J connectivity index is 3.38. The molecule has 2 unspecified atom stereocenters. The van der Waals surface area contributed by atoms with E-state index in [4.69, 9.17) is 4.74 Å². The second-order valence-electron chi connectivity index (χ2n) is 4.32. The highest BCUT2D eigenvalue weighted by atomic mass is 16.5. The van der Waals surface area contributed by atoms with Gasteiger partial charge in [0.15, 0.2) is 17.5 Å². The molecule has 0 aromatic rings. The average Bonchev–Trinajstić information content (AvgIpc) is 2.35. The molecule has 1 aliphatic rings. The van der Waals surface area contributed by atoms with Crippen LogP contribution in [0, 0.1) is 5.41 Å². The second kappa shape index (κ2) is 5.49. The van der Waals surface area contributed by atoms with Crippen LogP contribution >= 0.6 is 0 Å². The van der Waals surface area contributed by atoms with Gasteiger partial charge in [0.2, 0.25) is 0 Å². The molecule has 1 heterocycles. The Kier molecular flexibility index (Phi) is 4.48. The Morgan fingerprint density at radius 3 is 2.06 bits per heavy atom. The maximum atomic E-state index is 12.1. The predicted molar refractivity (Wildman–Crippen MR) is 67.7 cm³/mol. The quantitative estimate of drug-likeness (QED) is 0.568. The summed E-state index contributed by atoms with van der Waals surface area (Å²) in [5.41, 5.74) is -1.25. The minimum absolute atomic E-state index is 0.222. The number of Topliss-reactive ketones (excluding diaryl/α,β-unsaturated/α-hetero) is 2. The molecule has 6 nitrogen and oxygen atoms in total. The first-order valence-electron chi connectivity index (χ1n) is 5.87. The molecule has 0 saturated carbocycles. The summed E-state index contributed by atoms with van der Waals surface area (Å²) in [7, 11) is 5.10. The first kappa shape index (κ1) is 14.7. The number of carbonyl (C=O) groups excluding carboxylic acids is 2. The topological polar surface area (TPSA) is 79.5 Å². The van der Waals surface area contributed by atoms with Crippen LogP contribution in [-0.2, 0) is 14.3 Å². The van der Waals surface area contributed by atoms with Crippen molar-refractivity contribution in [1.82, 2.24) is 16.0 Å². The Morgan fingerprint density at radius 1 is 1.17 bits per heavy atom. The summed E-state index contributed by atoms with van der Waals surface area (Å²) in [6, 6.07) is -0.416. The van der Waals surface area contributed by atoms with Gasteiger partial charge in [0.25, 0.3) is 0 Å². The molecule has 6 heteroatoms. The van der Waals surface area contributed by atoms with Crippen molar-refractivity contribution in [3.8, 4) is 0 Å². The van der Waals surface area contributed by atoms with Crippen LogP contribution in [0.5, 0.6) is 0 Å². The molecule has 0 aromatic heterocycles. The fraction of sp³-hybridized carbons (Fsp3) is 0.667. The minimum Gasteiger partial charge on any atom is -0.459 e. The van der Waals surface area contributed by atoms with Gasteiger partial charge in [-0.25, -0.2) is 0 Å².